The second kappa shape index (κ2) is 4.65. The number of hydrogen-bond donors (Lipinski definition) is 2. The highest BCUT2D eigenvalue weighted by atomic mass is 16.4. The fraction of sp³-hybridized carbons (Fsp3) is 0.182. The summed E-state index contributed by atoms with van der Waals surface area (Å²) in [6.45, 7) is 2.02. The first-order chi connectivity index (χ1) is 8.16. The first-order valence-electron chi connectivity index (χ1n) is 5.06. The minimum atomic E-state index is -0.277. The molecule has 0 saturated heterocycles. The molecule has 3 N–H and O–H groups in total. The predicted molar refractivity (Wildman–Crippen MR) is 61.1 cm³/mol. The van der Waals surface area contributed by atoms with E-state index in [1.807, 2.05) is 0 Å². The fourth-order valence-corrected chi connectivity index (χ4v) is 1.35. The Bertz CT molecular complexity index is 536. The van der Waals surface area contributed by atoms with E-state index in [4.69, 9.17) is 10.2 Å². The third kappa shape index (κ3) is 2.60. The van der Waals surface area contributed by atoms with Gasteiger partial charge in [-0.05, 0) is 13.0 Å². The monoisotopic (exact) mass is 232 g/mol. The molecule has 0 bridgehead atoms. The summed E-state index contributed by atoms with van der Waals surface area (Å²) in [5.41, 5.74) is 6.37. The molecule has 6 nitrogen and oxygen atoms in total. The topological polar surface area (TPSA) is 94.0 Å². The number of carbonyl (C=O) groups excluding carboxylic acids is 1. The molecule has 0 aromatic carbocycles. The summed E-state index contributed by atoms with van der Waals surface area (Å²) in [5.74, 6) is 0.891. The molecular weight excluding hydrogens is 220 g/mol. The number of amides is 1. The van der Waals surface area contributed by atoms with E-state index in [2.05, 4.69) is 15.3 Å². The molecular formula is C11H12N4O2. The number of aryl methyl sites for hydroxylation is 1. The van der Waals surface area contributed by atoms with E-state index in [1.54, 1.807) is 19.2 Å². The van der Waals surface area contributed by atoms with E-state index in [-0.39, 0.29) is 12.5 Å². The molecule has 2 aromatic rings. The number of rotatable bonds is 3. The van der Waals surface area contributed by atoms with E-state index < -0.39 is 0 Å². The summed E-state index contributed by atoms with van der Waals surface area (Å²) in [6, 6.07) is 1.56. The van der Waals surface area contributed by atoms with Crippen LogP contribution in [0, 0.1) is 6.92 Å². The molecule has 0 atom stereocenters. The fourth-order valence-electron chi connectivity index (χ4n) is 1.35. The van der Waals surface area contributed by atoms with Crippen LogP contribution in [0.4, 0.5) is 5.69 Å². The van der Waals surface area contributed by atoms with Gasteiger partial charge in [-0.3, -0.25) is 9.78 Å². The molecule has 0 aliphatic rings. The van der Waals surface area contributed by atoms with Crippen molar-refractivity contribution in [1.82, 2.24) is 15.3 Å². The average molecular weight is 232 g/mol. The van der Waals surface area contributed by atoms with Gasteiger partial charge in [0.1, 0.15) is 5.76 Å². The Kier molecular flexibility index (Phi) is 3.04. The van der Waals surface area contributed by atoms with Crippen LogP contribution in [0.5, 0.6) is 0 Å². The minimum Gasteiger partial charge on any atom is -0.444 e. The van der Waals surface area contributed by atoms with Crippen LogP contribution in [-0.4, -0.2) is 15.9 Å². The minimum absolute atomic E-state index is 0.231. The van der Waals surface area contributed by atoms with Crippen LogP contribution in [-0.2, 0) is 6.54 Å². The van der Waals surface area contributed by atoms with Crippen molar-refractivity contribution in [2.45, 2.75) is 13.5 Å². The molecule has 0 aliphatic carbocycles. The predicted octanol–water partition coefficient (Wildman–Crippen LogP) is 0.890. The van der Waals surface area contributed by atoms with E-state index in [0.29, 0.717) is 22.9 Å². The lowest BCUT2D eigenvalue weighted by molar-refractivity contribution is 0.0948. The molecule has 2 heterocycles. The van der Waals surface area contributed by atoms with Crippen molar-refractivity contribution in [3.8, 4) is 0 Å². The first kappa shape index (κ1) is 11.1. The van der Waals surface area contributed by atoms with Crippen molar-refractivity contribution in [1.29, 1.82) is 0 Å². The molecule has 0 aliphatic heterocycles. The van der Waals surface area contributed by atoms with Gasteiger partial charge in [-0.15, -0.1) is 0 Å². The van der Waals surface area contributed by atoms with Crippen molar-refractivity contribution in [2.24, 2.45) is 0 Å². The molecule has 0 spiro atoms. The maximum absolute atomic E-state index is 11.8. The zero-order valence-corrected chi connectivity index (χ0v) is 9.30. The van der Waals surface area contributed by atoms with Crippen LogP contribution in [0.15, 0.2) is 29.1 Å². The number of anilines is 1. The lowest BCUT2D eigenvalue weighted by atomic mass is 10.2. The van der Waals surface area contributed by atoms with Gasteiger partial charge in [0.05, 0.1) is 30.2 Å². The van der Waals surface area contributed by atoms with Gasteiger partial charge < -0.3 is 15.5 Å². The van der Waals surface area contributed by atoms with Crippen LogP contribution in [0.1, 0.15) is 22.0 Å². The summed E-state index contributed by atoms with van der Waals surface area (Å²) in [7, 11) is 0. The quantitative estimate of drug-likeness (QED) is 0.819. The van der Waals surface area contributed by atoms with Gasteiger partial charge in [0.25, 0.3) is 5.91 Å². The van der Waals surface area contributed by atoms with E-state index in [0.717, 1.165) is 0 Å². The van der Waals surface area contributed by atoms with E-state index in [1.165, 1.54) is 12.4 Å². The zero-order valence-electron chi connectivity index (χ0n) is 9.30. The van der Waals surface area contributed by atoms with Crippen molar-refractivity contribution in [2.75, 3.05) is 5.73 Å². The molecule has 6 heteroatoms. The summed E-state index contributed by atoms with van der Waals surface area (Å²) >= 11 is 0. The highest BCUT2D eigenvalue weighted by Gasteiger charge is 2.10. The number of nitrogens with zero attached hydrogens (tertiary/aromatic N) is 2. The second-order valence-corrected chi connectivity index (χ2v) is 3.51. The van der Waals surface area contributed by atoms with Crippen LogP contribution in [0.3, 0.4) is 0 Å². The molecule has 1 amide bonds. The SMILES string of the molecule is Cc1cnc(CNC(=O)c2ccncc2N)o1. The van der Waals surface area contributed by atoms with Crippen molar-refractivity contribution in [3.05, 3.63) is 41.9 Å². The maximum Gasteiger partial charge on any atom is 0.253 e. The normalized spacial score (nSPS) is 10.2. The number of oxazole rings is 1. The third-order valence-electron chi connectivity index (χ3n) is 2.17. The Hall–Kier alpha value is -2.37. The molecule has 2 aromatic heterocycles. The number of pyridine rings is 1. The maximum atomic E-state index is 11.8. The standard InChI is InChI=1S/C11H12N4O2/c1-7-4-14-10(17-7)6-15-11(16)8-2-3-13-5-9(8)12/h2-5H,6,12H2,1H3,(H,15,16). The van der Waals surface area contributed by atoms with Gasteiger partial charge >= 0.3 is 0 Å². The second-order valence-electron chi connectivity index (χ2n) is 3.51. The average Bonchev–Trinajstić information content (AvgIpc) is 2.73. The smallest absolute Gasteiger partial charge is 0.253 e. The highest BCUT2D eigenvalue weighted by molar-refractivity contribution is 5.98. The molecule has 0 radical (unpaired) electrons. The zero-order chi connectivity index (χ0) is 12.3. The summed E-state index contributed by atoms with van der Waals surface area (Å²) in [6.07, 6.45) is 4.55. The van der Waals surface area contributed by atoms with Gasteiger partial charge in [-0.1, -0.05) is 0 Å². The Morgan fingerprint density at radius 3 is 3.00 bits per heavy atom. The summed E-state index contributed by atoms with van der Waals surface area (Å²) < 4.78 is 5.23. The van der Waals surface area contributed by atoms with E-state index in [9.17, 15) is 4.79 Å². The van der Waals surface area contributed by atoms with Crippen LogP contribution >= 0.6 is 0 Å². The first-order valence-corrected chi connectivity index (χ1v) is 5.06. The Balaban J connectivity index is 2.01. The number of hydrogen-bond acceptors (Lipinski definition) is 5. The van der Waals surface area contributed by atoms with Crippen LogP contribution < -0.4 is 11.1 Å². The molecule has 2 rings (SSSR count). The molecule has 88 valence electrons. The van der Waals surface area contributed by atoms with E-state index >= 15 is 0 Å². The van der Waals surface area contributed by atoms with Crippen LogP contribution in [0.2, 0.25) is 0 Å². The van der Waals surface area contributed by atoms with Crippen molar-refractivity contribution >= 4 is 11.6 Å². The Morgan fingerprint density at radius 1 is 1.53 bits per heavy atom. The summed E-state index contributed by atoms with van der Waals surface area (Å²) in [4.78, 5) is 19.5. The lowest BCUT2D eigenvalue weighted by Crippen LogP contribution is -2.24. The lowest BCUT2D eigenvalue weighted by Gasteiger charge is -2.04. The Morgan fingerprint density at radius 2 is 2.35 bits per heavy atom. The number of nitrogen functional groups attached to an aromatic ring is 1. The van der Waals surface area contributed by atoms with Crippen molar-refractivity contribution < 1.29 is 9.21 Å². The van der Waals surface area contributed by atoms with Gasteiger partial charge in [0.15, 0.2) is 0 Å². The van der Waals surface area contributed by atoms with Gasteiger partial charge in [0, 0.05) is 6.20 Å². The Labute approximate surface area is 97.9 Å². The number of nitrogens with one attached hydrogen (secondary N) is 1. The highest BCUT2D eigenvalue weighted by Crippen LogP contribution is 2.08. The third-order valence-corrected chi connectivity index (χ3v) is 2.17. The molecule has 0 fully saturated rings. The molecule has 0 saturated carbocycles. The van der Waals surface area contributed by atoms with Crippen molar-refractivity contribution in [3.63, 3.8) is 0 Å². The summed E-state index contributed by atoms with van der Waals surface area (Å²) in [5, 5.41) is 2.67. The molecule has 0 unspecified atom stereocenters. The largest absolute Gasteiger partial charge is 0.444 e. The number of nitrogens with two attached hydrogens (primary N) is 1. The van der Waals surface area contributed by atoms with Gasteiger partial charge in [0.2, 0.25) is 5.89 Å². The van der Waals surface area contributed by atoms with Crippen LogP contribution in [0.25, 0.3) is 0 Å². The molecule has 17 heavy (non-hydrogen) atoms. The van der Waals surface area contributed by atoms with Gasteiger partial charge in [-0.2, -0.15) is 0 Å². The number of aromatic nitrogens is 2. The number of carbonyl (C=O) groups is 1. The van der Waals surface area contributed by atoms with Gasteiger partial charge in [-0.25, -0.2) is 4.98 Å².